The highest BCUT2D eigenvalue weighted by Gasteiger charge is 2.03. The topological polar surface area (TPSA) is 37.8 Å². The van der Waals surface area contributed by atoms with E-state index in [4.69, 9.17) is 11.6 Å². The second kappa shape index (κ2) is 4.23. The summed E-state index contributed by atoms with van der Waals surface area (Å²) in [5.74, 6) is 0.757. The summed E-state index contributed by atoms with van der Waals surface area (Å²) < 4.78 is 0. The third-order valence-electron chi connectivity index (χ3n) is 1.66. The molecule has 0 amide bonds. The molecule has 0 spiro atoms. The largest absolute Gasteiger partial charge is 0.364 e. The van der Waals surface area contributed by atoms with Crippen molar-refractivity contribution in [1.82, 2.24) is 9.97 Å². The highest BCUT2D eigenvalue weighted by Crippen LogP contribution is 2.13. The van der Waals surface area contributed by atoms with Crippen LogP contribution in [0, 0.1) is 6.92 Å². The summed E-state index contributed by atoms with van der Waals surface area (Å²) in [6.07, 6.45) is 3.49. The fourth-order valence-corrected chi connectivity index (χ4v) is 0.975. The van der Waals surface area contributed by atoms with Crippen molar-refractivity contribution in [3.05, 3.63) is 29.7 Å². The van der Waals surface area contributed by atoms with Crippen LogP contribution in [0.4, 0.5) is 5.82 Å². The number of nitrogens with zero attached hydrogens (tertiary/aromatic N) is 2. The molecule has 4 heteroatoms. The average molecular weight is 198 g/mol. The normalized spacial score (nSPS) is 12.2. The van der Waals surface area contributed by atoms with Gasteiger partial charge in [-0.25, -0.2) is 9.97 Å². The van der Waals surface area contributed by atoms with Gasteiger partial charge in [-0.1, -0.05) is 6.08 Å². The lowest BCUT2D eigenvalue weighted by molar-refractivity contribution is 0.968. The van der Waals surface area contributed by atoms with Crippen LogP contribution in [0.3, 0.4) is 0 Å². The van der Waals surface area contributed by atoms with Crippen LogP contribution in [-0.2, 0) is 0 Å². The molecule has 70 valence electrons. The minimum atomic E-state index is 0.171. The van der Waals surface area contributed by atoms with E-state index in [-0.39, 0.29) is 11.3 Å². The molecule has 1 rings (SSSR count). The molecule has 0 radical (unpaired) electrons. The standard InChI is InChI=1S/C9H12ClN3/c1-4-7(3)12-8-6(2)5-11-9(10)13-8/h4-5,7H,1H2,2-3H3,(H,11,12,13). The molecule has 1 atom stereocenters. The van der Waals surface area contributed by atoms with Crippen molar-refractivity contribution in [2.45, 2.75) is 19.9 Å². The van der Waals surface area contributed by atoms with Gasteiger partial charge in [-0.15, -0.1) is 6.58 Å². The van der Waals surface area contributed by atoms with Crippen LogP contribution in [0.25, 0.3) is 0 Å². The zero-order valence-corrected chi connectivity index (χ0v) is 8.47. The van der Waals surface area contributed by atoms with Gasteiger partial charge in [0.15, 0.2) is 0 Å². The molecule has 1 N–H and O–H groups in total. The molecule has 0 saturated heterocycles. The Hall–Kier alpha value is -1.09. The van der Waals surface area contributed by atoms with E-state index in [1.807, 2.05) is 13.8 Å². The summed E-state index contributed by atoms with van der Waals surface area (Å²) in [4.78, 5) is 7.92. The van der Waals surface area contributed by atoms with E-state index >= 15 is 0 Å². The minimum Gasteiger partial charge on any atom is -0.364 e. The molecule has 0 aliphatic heterocycles. The van der Waals surface area contributed by atoms with Crippen LogP contribution in [-0.4, -0.2) is 16.0 Å². The highest BCUT2D eigenvalue weighted by molar-refractivity contribution is 6.28. The molecular weight excluding hydrogens is 186 g/mol. The third-order valence-corrected chi connectivity index (χ3v) is 1.84. The van der Waals surface area contributed by atoms with Gasteiger partial charge in [0.2, 0.25) is 5.28 Å². The summed E-state index contributed by atoms with van der Waals surface area (Å²) in [5.41, 5.74) is 0.970. The Morgan fingerprint density at radius 1 is 1.69 bits per heavy atom. The quantitative estimate of drug-likeness (QED) is 0.598. The summed E-state index contributed by atoms with van der Waals surface area (Å²) in [6.45, 7) is 7.58. The van der Waals surface area contributed by atoms with Crippen molar-refractivity contribution in [1.29, 1.82) is 0 Å². The molecule has 13 heavy (non-hydrogen) atoms. The maximum atomic E-state index is 5.66. The van der Waals surface area contributed by atoms with Crippen LogP contribution < -0.4 is 5.32 Å². The van der Waals surface area contributed by atoms with E-state index in [2.05, 4.69) is 21.9 Å². The summed E-state index contributed by atoms with van der Waals surface area (Å²) >= 11 is 5.66. The van der Waals surface area contributed by atoms with Gasteiger partial charge in [0, 0.05) is 17.8 Å². The van der Waals surface area contributed by atoms with Crippen molar-refractivity contribution in [3.8, 4) is 0 Å². The number of anilines is 1. The molecule has 0 saturated carbocycles. The second-order valence-electron chi connectivity index (χ2n) is 2.84. The van der Waals surface area contributed by atoms with E-state index in [0.717, 1.165) is 11.4 Å². The molecule has 0 aliphatic carbocycles. The van der Waals surface area contributed by atoms with Crippen LogP contribution >= 0.6 is 11.6 Å². The monoisotopic (exact) mass is 197 g/mol. The first-order valence-electron chi connectivity index (χ1n) is 4.01. The number of halogens is 1. The number of hydrogen-bond acceptors (Lipinski definition) is 3. The number of rotatable bonds is 3. The van der Waals surface area contributed by atoms with Gasteiger partial charge in [0.1, 0.15) is 5.82 Å². The SMILES string of the molecule is C=CC(C)Nc1nc(Cl)ncc1C. The Bertz CT molecular complexity index is 312. The molecule has 1 aromatic rings. The fraction of sp³-hybridized carbons (Fsp3) is 0.333. The fourth-order valence-electron chi connectivity index (χ4n) is 0.841. The lowest BCUT2D eigenvalue weighted by Gasteiger charge is -2.11. The maximum Gasteiger partial charge on any atom is 0.224 e. The van der Waals surface area contributed by atoms with Gasteiger partial charge in [-0.05, 0) is 25.4 Å². The predicted octanol–water partition coefficient (Wildman–Crippen LogP) is 2.42. The number of aromatic nitrogens is 2. The Labute approximate surface area is 82.9 Å². The van der Waals surface area contributed by atoms with E-state index < -0.39 is 0 Å². The van der Waals surface area contributed by atoms with E-state index in [1.165, 1.54) is 0 Å². The smallest absolute Gasteiger partial charge is 0.224 e. The van der Waals surface area contributed by atoms with Crippen LogP contribution in [0.5, 0.6) is 0 Å². The number of nitrogens with one attached hydrogen (secondary N) is 1. The van der Waals surface area contributed by atoms with Gasteiger partial charge in [-0.2, -0.15) is 0 Å². The van der Waals surface area contributed by atoms with Crippen LogP contribution in [0.15, 0.2) is 18.9 Å². The number of hydrogen-bond donors (Lipinski definition) is 1. The molecule has 1 unspecified atom stereocenters. The third kappa shape index (κ3) is 2.70. The highest BCUT2D eigenvalue weighted by atomic mass is 35.5. The molecule has 3 nitrogen and oxygen atoms in total. The summed E-state index contributed by atoms with van der Waals surface area (Å²) in [7, 11) is 0. The van der Waals surface area contributed by atoms with Crippen molar-refractivity contribution >= 4 is 17.4 Å². The first-order valence-corrected chi connectivity index (χ1v) is 4.39. The second-order valence-corrected chi connectivity index (χ2v) is 3.18. The Kier molecular flexibility index (Phi) is 3.25. The van der Waals surface area contributed by atoms with Crippen molar-refractivity contribution in [2.75, 3.05) is 5.32 Å². The van der Waals surface area contributed by atoms with Gasteiger partial charge >= 0.3 is 0 Å². The van der Waals surface area contributed by atoms with Gasteiger partial charge in [0.05, 0.1) is 0 Å². The Balaban J connectivity index is 2.86. The molecule has 1 aromatic heterocycles. The van der Waals surface area contributed by atoms with Crippen molar-refractivity contribution < 1.29 is 0 Å². The first-order chi connectivity index (χ1) is 6.13. The van der Waals surface area contributed by atoms with Gasteiger partial charge < -0.3 is 5.32 Å². The zero-order valence-electron chi connectivity index (χ0n) is 7.71. The van der Waals surface area contributed by atoms with E-state index in [0.29, 0.717) is 0 Å². The van der Waals surface area contributed by atoms with Crippen LogP contribution in [0.2, 0.25) is 5.28 Å². The van der Waals surface area contributed by atoms with Gasteiger partial charge in [0.25, 0.3) is 0 Å². The molecule has 0 fully saturated rings. The summed E-state index contributed by atoms with van der Waals surface area (Å²) in [6, 6.07) is 0.171. The molecule has 0 bridgehead atoms. The predicted molar refractivity (Wildman–Crippen MR) is 55.1 cm³/mol. The Morgan fingerprint density at radius 2 is 2.38 bits per heavy atom. The maximum absolute atomic E-state index is 5.66. The molecule has 0 aliphatic rings. The Morgan fingerprint density at radius 3 is 3.00 bits per heavy atom. The van der Waals surface area contributed by atoms with E-state index in [1.54, 1.807) is 12.3 Å². The lowest BCUT2D eigenvalue weighted by Crippen LogP contribution is -2.13. The summed E-state index contributed by atoms with van der Waals surface area (Å²) in [5, 5.41) is 3.40. The molecule has 1 heterocycles. The first kappa shape index (κ1) is 9.99. The average Bonchev–Trinajstić information content (AvgIpc) is 2.11. The van der Waals surface area contributed by atoms with Crippen molar-refractivity contribution in [3.63, 3.8) is 0 Å². The van der Waals surface area contributed by atoms with Crippen LogP contribution in [0.1, 0.15) is 12.5 Å². The molecular formula is C9H12ClN3. The number of aryl methyl sites for hydroxylation is 1. The van der Waals surface area contributed by atoms with Crippen molar-refractivity contribution in [2.24, 2.45) is 0 Å². The molecule has 0 aromatic carbocycles. The lowest BCUT2D eigenvalue weighted by atomic mass is 10.3. The zero-order chi connectivity index (χ0) is 9.84. The van der Waals surface area contributed by atoms with E-state index in [9.17, 15) is 0 Å². The van der Waals surface area contributed by atoms with Gasteiger partial charge in [-0.3, -0.25) is 0 Å². The minimum absolute atomic E-state index is 0.171.